The Morgan fingerprint density at radius 1 is 1.32 bits per heavy atom. The average Bonchev–Trinajstić information content (AvgIpc) is 2.68. The van der Waals surface area contributed by atoms with Crippen LogP contribution < -0.4 is 0 Å². The first-order chi connectivity index (χ1) is 12.2. The molecule has 1 aliphatic rings. The van der Waals surface area contributed by atoms with Crippen LogP contribution in [0.25, 0.3) is 0 Å². The predicted molar refractivity (Wildman–Crippen MR) is 92.5 cm³/mol. The van der Waals surface area contributed by atoms with Crippen LogP contribution in [0.5, 0.6) is 0 Å². The molecule has 7 nitrogen and oxygen atoms in total. The summed E-state index contributed by atoms with van der Waals surface area (Å²) >= 11 is 0. The second-order valence-electron chi connectivity index (χ2n) is 6.18. The van der Waals surface area contributed by atoms with E-state index in [4.69, 9.17) is 4.74 Å². The maximum absolute atomic E-state index is 12.5. The van der Waals surface area contributed by atoms with Gasteiger partial charge in [0.05, 0.1) is 25.0 Å². The first-order valence-corrected chi connectivity index (χ1v) is 8.45. The number of pyridine rings is 1. The van der Waals surface area contributed by atoms with Gasteiger partial charge in [0.15, 0.2) is 0 Å². The third kappa shape index (κ3) is 5.04. The number of carbonyl (C=O) groups is 1. The van der Waals surface area contributed by atoms with Gasteiger partial charge in [-0.1, -0.05) is 6.07 Å². The predicted octanol–water partition coefficient (Wildman–Crippen LogP) is 1.29. The molecular weight excluding hydrogens is 318 g/mol. The standard InChI is InChI=1S/C18H23N5O2/c1-22(13-15-3-2-5-19-11-15)8-4-18(24)23-9-10-25-17(14-23)16-12-20-6-7-21-16/h2-3,5-7,11-12,17H,4,8-10,13-14H2,1H3/t17-/m0/s1. The van der Waals surface area contributed by atoms with E-state index in [2.05, 4.69) is 19.9 Å². The van der Waals surface area contributed by atoms with E-state index < -0.39 is 0 Å². The van der Waals surface area contributed by atoms with Gasteiger partial charge >= 0.3 is 0 Å². The van der Waals surface area contributed by atoms with E-state index in [1.807, 2.05) is 30.3 Å². The molecule has 1 fully saturated rings. The molecule has 0 unspecified atom stereocenters. The fourth-order valence-corrected chi connectivity index (χ4v) is 2.86. The summed E-state index contributed by atoms with van der Waals surface area (Å²) in [6, 6.07) is 3.97. The highest BCUT2D eigenvalue weighted by atomic mass is 16.5. The van der Waals surface area contributed by atoms with Crippen molar-refractivity contribution in [3.63, 3.8) is 0 Å². The van der Waals surface area contributed by atoms with Crippen molar-refractivity contribution in [1.82, 2.24) is 24.8 Å². The number of amides is 1. The highest BCUT2D eigenvalue weighted by Gasteiger charge is 2.26. The second kappa shape index (κ2) is 8.64. The molecule has 1 amide bonds. The van der Waals surface area contributed by atoms with Crippen LogP contribution in [0.2, 0.25) is 0 Å². The average molecular weight is 341 g/mol. The van der Waals surface area contributed by atoms with Crippen LogP contribution in [-0.4, -0.2) is 63.9 Å². The van der Waals surface area contributed by atoms with E-state index in [0.717, 1.165) is 17.8 Å². The van der Waals surface area contributed by atoms with Gasteiger partial charge in [-0.2, -0.15) is 0 Å². The van der Waals surface area contributed by atoms with Crippen molar-refractivity contribution in [3.8, 4) is 0 Å². The van der Waals surface area contributed by atoms with Gasteiger partial charge in [-0.25, -0.2) is 0 Å². The summed E-state index contributed by atoms with van der Waals surface area (Å²) in [5, 5.41) is 0. The minimum Gasteiger partial charge on any atom is -0.368 e. The van der Waals surface area contributed by atoms with Gasteiger partial charge in [-0.3, -0.25) is 19.7 Å². The summed E-state index contributed by atoms with van der Waals surface area (Å²) in [5.74, 6) is 0.148. The largest absolute Gasteiger partial charge is 0.368 e. The molecule has 0 N–H and O–H groups in total. The molecule has 0 saturated carbocycles. The minimum atomic E-state index is -0.195. The number of aromatic nitrogens is 3. The molecule has 0 aliphatic carbocycles. The molecule has 1 saturated heterocycles. The Balaban J connectivity index is 1.47. The summed E-state index contributed by atoms with van der Waals surface area (Å²) in [6.07, 6.45) is 8.88. The zero-order chi connectivity index (χ0) is 17.5. The quantitative estimate of drug-likeness (QED) is 0.788. The lowest BCUT2D eigenvalue weighted by molar-refractivity contribution is -0.139. The van der Waals surface area contributed by atoms with Crippen molar-refractivity contribution in [2.24, 2.45) is 0 Å². The fourth-order valence-electron chi connectivity index (χ4n) is 2.86. The zero-order valence-corrected chi connectivity index (χ0v) is 14.4. The van der Waals surface area contributed by atoms with E-state index in [9.17, 15) is 4.79 Å². The summed E-state index contributed by atoms with van der Waals surface area (Å²) < 4.78 is 5.74. The van der Waals surface area contributed by atoms with Crippen LogP contribution in [0.4, 0.5) is 0 Å². The maximum Gasteiger partial charge on any atom is 0.224 e. The highest BCUT2D eigenvalue weighted by molar-refractivity contribution is 5.76. The van der Waals surface area contributed by atoms with Crippen LogP contribution in [0.1, 0.15) is 23.8 Å². The Bertz CT molecular complexity index is 668. The lowest BCUT2D eigenvalue weighted by Gasteiger charge is -2.33. The van der Waals surface area contributed by atoms with Crippen LogP contribution in [-0.2, 0) is 16.1 Å². The van der Waals surface area contributed by atoms with Crippen LogP contribution >= 0.6 is 0 Å². The Labute approximate surface area is 147 Å². The van der Waals surface area contributed by atoms with E-state index >= 15 is 0 Å². The fraction of sp³-hybridized carbons (Fsp3) is 0.444. The van der Waals surface area contributed by atoms with Crippen LogP contribution in [0, 0.1) is 0 Å². The van der Waals surface area contributed by atoms with Gasteiger partial charge < -0.3 is 14.5 Å². The number of ether oxygens (including phenoxy) is 1. The molecule has 3 rings (SSSR count). The third-order valence-corrected chi connectivity index (χ3v) is 4.21. The van der Waals surface area contributed by atoms with Crippen LogP contribution in [0.3, 0.4) is 0 Å². The monoisotopic (exact) mass is 341 g/mol. The van der Waals surface area contributed by atoms with Crippen LogP contribution in [0.15, 0.2) is 43.1 Å². The van der Waals surface area contributed by atoms with Crippen molar-refractivity contribution in [3.05, 3.63) is 54.4 Å². The summed E-state index contributed by atoms with van der Waals surface area (Å²) in [4.78, 5) is 29.0. The van der Waals surface area contributed by atoms with E-state index in [1.165, 1.54) is 0 Å². The molecule has 0 radical (unpaired) electrons. The number of hydrogen-bond donors (Lipinski definition) is 0. The number of rotatable bonds is 6. The Morgan fingerprint density at radius 3 is 2.96 bits per heavy atom. The second-order valence-corrected chi connectivity index (χ2v) is 6.18. The van der Waals surface area contributed by atoms with Gasteiger partial charge in [0.2, 0.25) is 5.91 Å². The normalized spacial score (nSPS) is 17.7. The number of carbonyl (C=O) groups excluding carboxylic acids is 1. The van der Waals surface area contributed by atoms with Crippen molar-refractivity contribution < 1.29 is 9.53 Å². The van der Waals surface area contributed by atoms with Crippen molar-refractivity contribution in [1.29, 1.82) is 0 Å². The lowest BCUT2D eigenvalue weighted by atomic mass is 10.2. The van der Waals surface area contributed by atoms with Crippen molar-refractivity contribution in [2.75, 3.05) is 33.3 Å². The molecule has 7 heteroatoms. The van der Waals surface area contributed by atoms with E-state index in [1.54, 1.807) is 24.8 Å². The van der Waals surface area contributed by atoms with Gasteiger partial charge in [0.25, 0.3) is 0 Å². The summed E-state index contributed by atoms with van der Waals surface area (Å²) in [6.45, 7) is 3.18. The Morgan fingerprint density at radius 2 is 2.20 bits per heavy atom. The SMILES string of the molecule is CN(CCC(=O)N1CCO[C@H](c2cnccn2)C1)Cc1cccnc1. The first-order valence-electron chi connectivity index (χ1n) is 8.45. The highest BCUT2D eigenvalue weighted by Crippen LogP contribution is 2.20. The molecule has 0 bridgehead atoms. The molecule has 132 valence electrons. The van der Waals surface area contributed by atoms with Gasteiger partial charge in [0.1, 0.15) is 6.10 Å². The molecule has 1 aliphatic heterocycles. The molecule has 0 spiro atoms. The van der Waals surface area contributed by atoms with E-state index in [-0.39, 0.29) is 12.0 Å². The molecule has 25 heavy (non-hydrogen) atoms. The summed E-state index contributed by atoms with van der Waals surface area (Å²) in [7, 11) is 2.02. The zero-order valence-electron chi connectivity index (χ0n) is 14.4. The lowest BCUT2D eigenvalue weighted by Crippen LogP contribution is -2.43. The maximum atomic E-state index is 12.5. The molecule has 3 heterocycles. The molecule has 2 aromatic heterocycles. The van der Waals surface area contributed by atoms with Gasteiger partial charge in [-0.15, -0.1) is 0 Å². The first kappa shape index (κ1) is 17.4. The topological polar surface area (TPSA) is 71.5 Å². The Kier molecular flexibility index (Phi) is 6.03. The van der Waals surface area contributed by atoms with Crippen molar-refractivity contribution in [2.45, 2.75) is 19.1 Å². The molecular formula is C18H23N5O2. The third-order valence-electron chi connectivity index (χ3n) is 4.21. The molecule has 2 aromatic rings. The van der Waals surface area contributed by atoms with Gasteiger partial charge in [0, 0.05) is 50.8 Å². The van der Waals surface area contributed by atoms with Crippen molar-refractivity contribution >= 4 is 5.91 Å². The number of hydrogen-bond acceptors (Lipinski definition) is 6. The number of morpholine rings is 1. The Hall–Kier alpha value is -2.38. The molecule has 0 aromatic carbocycles. The molecule has 1 atom stereocenters. The summed E-state index contributed by atoms with van der Waals surface area (Å²) in [5.41, 5.74) is 1.92. The van der Waals surface area contributed by atoms with E-state index in [0.29, 0.717) is 32.7 Å². The minimum absolute atomic E-state index is 0.148. The smallest absolute Gasteiger partial charge is 0.224 e. The van der Waals surface area contributed by atoms with Gasteiger partial charge in [-0.05, 0) is 18.7 Å². The number of nitrogens with zero attached hydrogens (tertiary/aromatic N) is 5.